The summed E-state index contributed by atoms with van der Waals surface area (Å²) in [5.41, 5.74) is 0.334. The lowest BCUT2D eigenvalue weighted by Gasteiger charge is -2.38. The van der Waals surface area contributed by atoms with E-state index in [2.05, 4.69) is 46.0 Å². The molecule has 2 atom stereocenters. The Bertz CT molecular complexity index is 440. The highest BCUT2D eigenvalue weighted by Gasteiger charge is 2.41. The zero-order valence-corrected chi connectivity index (χ0v) is 15.3. The summed E-state index contributed by atoms with van der Waals surface area (Å²) in [6, 6.07) is 10.1. The van der Waals surface area contributed by atoms with Crippen molar-refractivity contribution in [1.82, 2.24) is 0 Å². The molecule has 1 aromatic carbocycles. The molecule has 21 heavy (non-hydrogen) atoms. The highest BCUT2D eigenvalue weighted by atomic mass is 28.3. The van der Waals surface area contributed by atoms with Crippen molar-refractivity contribution >= 4 is 14.6 Å². The number of hydrogen-bond donors (Lipinski definition) is 1. The Morgan fingerprint density at radius 3 is 2.29 bits per heavy atom. The zero-order chi connectivity index (χ0) is 16.0. The van der Waals surface area contributed by atoms with Crippen LogP contribution in [0.5, 0.6) is 0 Å². The number of rotatable bonds is 8. The van der Waals surface area contributed by atoms with E-state index < -0.39 is 14.5 Å². The SMILES string of the molecule is CCCCC(=O)C(C(O)[SiH](C)C)C(C)(C)c1ccccc1. The molecular formula is C18H30O2Si. The van der Waals surface area contributed by atoms with E-state index in [0.29, 0.717) is 6.42 Å². The number of unbranched alkanes of at least 4 members (excludes halogenated alkanes) is 1. The predicted molar refractivity (Wildman–Crippen MR) is 92.4 cm³/mol. The molecular weight excluding hydrogens is 276 g/mol. The number of carbonyl (C=O) groups is 1. The summed E-state index contributed by atoms with van der Waals surface area (Å²) >= 11 is 0. The number of benzene rings is 1. The van der Waals surface area contributed by atoms with Crippen molar-refractivity contribution < 1.29 is 9.90 Å². The van der Waals surface area contributed by atoms with Gasteiger partial charge in [0, 0.05) is 17.8 Å². The molecule has 0 aliphatic carbocycles. The second-order valence-electron chi connectivity index (χ2n) is 6.87. The fraction of sp³-hybridized carbons (Fsp3) is 0.611. The molecule has 2 unspecified atom stereocenters. The van der Waals surface area contributed by atoms with Gasteiger partial charge in [-0.1, -0.05) is 70.6 Å². The largest absolute Gasteiger partial charge is 0.396 e. The maximum atomic E-state index is 12.7. The quantitative estimate of drug-likeness (QED) is 0.743. The highest BCUT2D eigenvalue weighted by Crippen LogP contribution is 2.36. The third kappa shape index (κ3) is 4.52. The molecule has 0 spiro atoms. The van der Waals surface area contributed by atoms with E-state index >= 15 is 0 Å². The van der Waals surface area contributed by atoms with E-state index in [-0.39, 0.29) is 17.1 Å². The topological polar surface area (TPSA) is 37.3 Å². The van der Waals surface area contributed by atoms with Crippen LogP contribution in [-0.4, -0.2) is 25.4 Å². The van der Waals surface area contributed by atoms with Crippen molar-refractivity contribution in [3.63, 3.8) is 0 Å². The minimum atomic E-state index is -1.30. The standard InChI is InChI=1S/C18H30O2Si/c1-6-7-13-15(19)16(17(20)21(4)5)18(2,3)14-11-9-8-10-12-14/h8-12,16-17,20-21H,6-7,13H2,1-5H3. The van der Waals surface area contributed by atoms with Crippen LogP contribution in [0.4, 0.5) is 0 Å². The predicted octanol–water partition coefficient (Wildman–Crippen LogP) is 3.73. The Morgan fingerprint density at radius 1 is 1.24 bits per heavy atom. The fourth-order valence-corrected chi connectivity index (χ4v) is 4.42. The molecule has 0 bridgehead atoms. The molecule has 0 saturated carbocycles. The molecule has 1 rings (SSSR count). The third-order valence-corrected chi connectivity index (χ3v) is 6.19. The van der Waals surface area contributed by atoms with Gasteiger partial charge in [-0.2, -0.15) is 0 Å². The van der Waals surface area contributed by atoms with Gasteiger partial charge in [0.05, 0.1) is 14.5 Å². The van der Waals surface area contributed by atoms with Crippen molar-refractivity contribution in [1.29, 1.82) is 0 Å². The van der Waals surface area contributed by atoms with Gasteiger partial charge < -0.3 is 5.11 Å². The van der Waals surface area contributed by atoms with Gasteiger partial charge in [0.25, 0.3) is 0 Å². The molecule has 3 heteroatoms. The third-order valence-electron chi connectivity index (χ3n) is 4.44. The zero-order valence-electron chi connectivity index (χ0n) is 14.1. The van der Waals surface area contributed by atoms with Crippen LogP contribution >= 0.6 is 0 Å². The molecule has 118 valence electrons. The summed E-state index contributed by atoms with van der Waals surface area (Å²) in [5.74, 6) is -0.0717. The molecule has 0 aliphatic heterocycles. The normalized spacial score (nSPS) is 15.0. The van der Waals surface area contributed by atoms with E-state index in [9.17, 15) is 9.90 Å². The monoisotopic (exact) mass is 306 g/mol. The number of hydrogen-bond acceptors (Lipinski definition) is 2. The maximum Gasteiger partial charge on any atom is 0.139 e. The Labute approximate surface area is 131 Å². The Morgan fingerprint density at radius 2 is 1.81 bits per heavy atom. The first kappa shape index (κ1) is 18.1. The first-order valence-corrected chi connectivity index (χ1v) is 11.1. The molecule has 1 N–H and O–H groups in total. The van der Waals surface area contributed by atoms with Crippen LogP contribution in [0.25, 0.3) is 0 Å². The second-order valence-corrected chi connectivity index (χ2v) is 10.0. The first-order valence-electron chi connectivity index (χ1n) is 8.08. The number of aliphatic hydroxyl groups excluding tert-OH is 1. The fourth-order valence-electron chi connectivity index (χ4n) is 2.96. The molecule has 2 nitrogen and oxygen atoms in total. The van der Waals surface area contributed by atoms with Crippen LogP contribution in [0.3, 0.4) is 0 Å². The van der Waals surface area contributed by atoms with Gasteiger partial charge >= 0.3 is 0 Å². The minimum absolute atomic E-state index is 0.222. The van der Waals surface area contributed by atoms with Crippen molar-refractivity contribution in [2.24, 2.45) is 5.92 Å². The summed E-state index contributed by atoms with van der Waals surface area (Å²) in [4.78, 5) is 12.7. The van der Waals surface area contributed by atoms with Gasteiger partial charge in [-0.25, -0.2) is 0 Å². The van der Waals surface area contributed by atoms with Gasteiger partial charge in [0.2, 0.25) is 0 Å². The van der Waals surface area contributed by atoms with Crippen molar-refractivity contribution in [3.8, 4) is 0 Å². The molecule has 0 aromatic heterocycles. The first-order chi connectivity index (χ1) is 9.82. The molecule has 0 radical (unpaired) electrons. The summed E-state index contributed by atoms with van der Waals surface area (Å²) in [6.45, 7) is 10.5. The summed E-state index contributed by atoms with van der Waals surface area (Å²) in [7, 11) is -1.30. The Balaban J connectivity index is 3.13. The Kier molecular flexibility index (Phi) is 6.82. The van der Waals surface area contributed by atoms with E-state index in [1.165, 1.54) is 0 Å². The van der Waals surface area contributed by atoms with Gasteiger partial charge in [-0.05, 0) is 12.0 Å². The number of ketones is 1. The maximum absolute atomic E-state index is 12.7. The van der Waals surface area contributed by atoms with Crippen LogP contribution in [0.15, 0.2) is 30.3 Å². The van der Waals surface area contributed by atoms with Gasteiger partial charge in [-0.3, -0.25) is 4.79 Å². The number of carbonyl (C=O) groups excluding carboxylic acids is 1. The average molecular weight is 307 g/mol. The van der Waals surface area contributed by atoms with Crippen molar-refractivity contribution in [2.45, 2.75) is 64.3 Å². The van der Waals surface area contributed by atoms with Crippen LogP contribution in [0.2, 0.25) is 13.1 Å². The molecule has 0 fully saturated rings. The van der Waals surface area contributed by atoms with E-state index in [1.54, 1.807) is 0 Å². The van der Waals surface area contributed by atoms with Crippen LogP contribution in [-0.2, 0) is 10.2 Å². The lowest BCUT2D eigenvalue weighted by Crippen LogP contribution is -2.48. The summed E-state index contributed by atoms with van der Waals surface area (Å²) < 4.78 is 0. The van der Waals surface area contributed by atoms with Crippen LogP contribution < -0.4 is 0 Å². The summed E-state index contributed by atoms with van der Waals surface area (Å²) in [6.07, 6.45) is 2.50. The van der Waals surface area contributed by atoms with Gasteiger partial charge in [0.1, 0.15) is 5.78 Å². The molecule has 0 aliphatic rings. The smallest absolute Gasteiger partial charge is 0.139 e. The van der Waals surface area contributed by atoms with Crippen molar-refractivity contribution in [2.75, 3.05) is 0 Å². The van der Waals surface area contributed by atoms with Gasteiger partial charge in [-0.15, -0.1) is 0 Å². The summed E-state index contributed by atoms with van der Waals surface area (Å²) in [5, 5.41) is 10.7. The van der Waals surface area contributed by atoms with Gasteiger partial charge in [0.15, 0.2) is 0 Å². The van der Waals surface area contributed by atoms with Crippen LogP contribution in [0, 0.1) is 5.92 Å². The average Bonchev–Trinajstić information content (AvgIpc) is 2.45. The van der Waals surface area contributed by atoms with E-state index in [4.69, 9.17) is 0 Å². The second kappa shape index (κ2) is 7.90. The molecule has 0 amide bonds. The van der Waals surface area contributed by atoms with Crippen molar-refractivity contribution in [3.05, 3.63) is 35.9 Å². The lowest BCUT2D eigenvalue weighted by molar-refractivity contribution is -0.127. The number of aliphatic hydroxyl groups is 1. The molecule has 0 saturated heterocycles. The lowest BCUT2D eigenvalue weighted by atomic mass is 9.71. The number of Topliss-reactive ketones (excluding diaryl/α,β-unsaturated/α-hetero) is 1. The highest BCUT2D eigenvalue weighted by molar-refractivity contribution is 6.57. The molecule has 1 aromatic rings. The minimum Gasteiger partial charge on any atom is -0.396 e. The van der Waals surface area contributed by atoms with E-state index in [1.807, 2.05) is 18.2 Å². The van der Waals surface area contributed by atoms with E-state index in [0.717, 1.165) is 18.4 Å². The van der Waals surface area contributed by atoms with Crippen LogP contribution in [0.1, 0.15) is 45.6 Å². The molecule has 0 heterocycles. The Hall–Kier alpha value is -0.933.